The zero-order chi connectivity index (χ0) is 24.4. The van der Waals surface area contributed by atoms with Gasteiger partial charge in [0, 0.05) is 0 Å². The largest absolute Gasteiger partial charge is 0.573 e. The van der Waals surface area contributed by atoms with E-state index in [9.17, 15) is 38.8 Å². The Morgan fingerprint density at radius 3 is 2.36 bits per heavy atom. The van der Waals surface area contributed by atoms with Crippen molar-refractivity contribution in [3.05, 3.63) is 65.2 Å². The van der Waals surface area contributed by atoms with Gasteiger partial charge in [0.05, 0.1) is 16.8 Å². The van der Waals surface area contributed by atoms with Crippen molar-refractivity contribution in [2.75, 3.05) is 10.5 Å². The maximum atomic E-state index is 14.5. The minimum atomic E-state index is -4.91. The van der Waals surface area contributed by atoms with Gasteiger partial charge in [-0.15, -0.1) is 13.2 Å². The molecule has 1 N–H and O–H groups in total. The molecule has 0 unspecified atom stereocenters. The van der Waals surface area contributed by atoms with Gasteiger partial charge in [0.1, 0.15) is 16.5 Å². The molecular formula is C18H13F5N2O5S3. The van der Waals surface area contributed by atoms with Crippen LogP contribution in [0.25, 0.3) is 0 Å². The van der Waals surface area contributed by atoms with Gasteiger partial charge in [-0.2, -0.15) is 4.39 Å². The van der Waals surface area contributed by atoms with Gasteiger partial charge in [-0.25, -0.2) is 26.2 Å². The highest BCUT2D eigenvalue weighted by Crippen LogP contribution is 2.26. The third-order valence-electron chi connectivity index (χ3n) is 4.04. The van der Waals surface area contributed by atoms with Crippen LogP contribution >= 0.6 is 11.3 Å². The predicted molar refractivity (Wildman–Crippen MR) is 108 cm³/mol. The summed E-state index contributed by atoms with van der Waals surface area (Å²) in [6.45, 7) is 0. The van der Waals surface area contributed by atoms with Crippen LogP contribution in [0.1, 0.15) is 5.56 Å². The highest BCUT2D eigenvalue weighted by molar-refractivity contribution is 7.93. The first-order valence-electron chi connectivity index (χ1n) is 8.76. The van der Waals surface area contributed by atoms with Crippen LogP contribution < -0.4 is 9.46 Å². The highest BCUT2D eigenvalue weighted by Gasteiger charge is 2.31. The van der Waals surface area contributed by atoms with Gasteiger partial charge in [-0.3, -0.25) is 4.72 Å². The van der Waals surface area contributed by atoms with E-state index in [0.29, 0.717) is 17.4 Å². The molecule has 0 aliphatic heterocycles. The second-order valence-corrected chi connectivity index (χ2v) is 11.2. The predicted octanol–water partition coefficient (Wildman–Crippen LogP) is 4.14. The third kappa shape index (κ3) is 6.61. The molecule has 0 aliphatic rings. The summed E-state index contributed by atoms with van der Waals surface area (Å²) in [5.41, 5.74) is 0.222. The van der Waals surface area contributed by atoms with E-state index >= 15 is 0 Å². The quantitative estimate of drug-likeness (QED) is 0.441. The number of thiazole rings is 1. The van der Waals surface area contributed by atoms with Crippen molar-refractivity contribution in [2.24, 2.45) is 0 Å². The van der Waals surface area contributed by atoms with E-state index in [-0.39, 0.29) is 17.1 Å². The molecule has 7 nitrogen and oxygen atoms in total. The molecule has 33 heavy (non-hydrogen) atoms. The van der Waals surface area contributed by atoms with E-state index in [0.717, 1.165) is 30.5 Å². The number of sulfone groups is 1. The number of nitrogens with zero attached hydrogens (tertiary/aromatic N) is 1. The lowest BCUT2D eigenvalue weighted by atomic mass is 10.2. The maximum absolute atomic E-state index is 14.5. The topological polar surface area (TPSA) is 102 Å². The molecule has 0 atom stereocenters. The molecule has 1 heterocycles. The Kier molecular flexibility index (Phi) is 6.95. The van der Waals surface area contributed by atoms with Crippen LogP contribution in [0.5, 0.6) is 5.75 Å². The van der Waals surface area contributed by atoms with Crippen molar-refractivity contribution in [2.45, 2.75) is 22.6 Å². The molecule has 3 rings (SSSR count). The van der Waals surface area contributed by atoms with E-state index in [4.69, 9.17) is 0 Å². The summed E-state index contributed by atoms with van der Waals surface area (Å²) in [4.78, 5) is 2.05. The van der Waals surface area contributed by atoms with Gasteiger partial charge in [0.25, 0.3) is 10.0 Å². The summed E-state index contributed by atoms with van der Waals surface area (Å²) >= 11 is 0.373. The van der Waals surface area contributed by atoms with Gasteiger partial charge in [0.15, 0.2) is 20.1 Å². The SMILES string of the molecule is O=S(=O)(CCc1cccc(OC(F)(F)F)c1)c1ccc(S(=O)(=O)Nc2ncc(F)s2)c(F)c1. The van der Waals surface area contributed by atoms with Crippen LogP contribution in [-0.4, -0.2) is 33.9 Å². The van der Waals surface area contributed by atoms with Crippen molar-refractivity contribution >= 4 is 36.3 Å². The second-order valence-electron chi connectivity index (χ2n) is 6.43. The molecule has 0 spiro atoms. The maximum Gasteiger partial charge on any atom is 0.573 e. The van der Waals surface area contributed by atoms with Crippen LogP contribution in [-0.2, 0) is 26.3 Å². The Morgan fingerprint density at radius 2 is 1.76 bits per heavy atom. The fourth-order valence-electron chi connectivity index (χ4n) is 2.63. The Bertz CT molecular complexity index is 1370. The molecular weight excluding hydrogens is 515 g/mol. The van der Waals surface area contributed by atoms with Crippen molar-refractivity contribution < 1.29 is 43.5 Å². The second kappa shape index (κ2) is 9.23. The Hall–Kier alpha value is -2.78. The highest BCUT2D eigenvalue weighted by atomic mass is 32.2. The summed E-state index contributed by atoms with van der Waals surface area (Å²) in [5, 5.41) is -1.12. The smallest absolute Gasteiger partial charge is 0.406 e. The van der Waals surface area contributed by atoms with Crippen molar-refractivity contribution in [1.82, 2.24) is 4.98 Å². The van der Waals surface area contributed by atoms with Gasteiger partial charge in [-0.1, -0.05) is 23.5 Å². The minimum Gasteiger partial charge on any atom is -0.406 e. The molecule has 0 bridgehead atoms. The number of benzene rings is 2. The first kappa shape index (κ1) is 24.9. The van der Waals surface area contributed by atoms with Crippen LogP contribution in [0.3, 0.4) is 0 Å². The van der Waals surface area contributed by atoms with Crippen LogP contribution in [0.2, 0.25) is 0 Å². The number of aromatic nitrogens is 1. The number of alkyl halides is 3. The molecule has 0 radical (unpaired) electrons. The lowest BCUT2D eigenvalue weighted by molar-refractivity contribution is -0.274. The van der Waals surface area contributed by atoms with Crippen molar-refractivity contribution in [3.8, 4) is 5.75 Å². The standard InChI is InChI=1S/C18H13F5N2O5S3/c19-14-9-13(4-5-15(14)33(28,29)25-17-24-10-16(20)31-17)32(26,27)7-6-11-2-1-3-12(8-11)30-18(21,22)23/h1-5,8-10H,6-7H2,(H,24,25). The van der Waals surface area contributed by atoms with Crippen LogP contribution in [0, 0.1) is 10.9 Å². The Labute approximate surface area is 188 Å². The van der Waals surface area contributed by atoms with E-state index < -0.39 is 58.5 Å². The fraction of sp³-hybridized carbons (Fsp3) is 0.167. The van der Waals surface area contributed by atoms with Crippen LogP contribution in [0.4, 0.5) is 27.1 Å². The van der Waals surface area contributed by atoms with Crippen molar-refractivity contribution in [1.29, 1.82) is 0 Å². The molecule has 15 heteroatoms. The normalized spacial score (nSPS) is 12.5. The number of nitrogens with one attached hydrogen (secondary N) is 1. The van der Waals surface area contributed by atoms with E-state index in [2.05, 4.69) is 9.72 Å². The van der Waals surface area contributed by atoms with E-state index in [1.165, 1.54) is 12.1 Å². The number of hydrogen-bond acceptors (Lipinski definition) is 7. The van der Waals surface area contributed by atoms with Gasteiger partial charge >= 0.3 is 6.36 Å². The number of aryl methyl sites for hydroxylation is 1. The molecule has 1 aromatic heterocycles. The van der Waals surface area contributed by atoms with Gasteiger partial charge < -0.3 is 4.74 Å². The molecule has 0 aliphatic carbocycles. The summed E-state index contributed by atoms with van der Waals surface area (Å²) in [7, 11) is -8.64. The Morgan fingerprint density at radius 1 is 1.03 bits per heavy atom. The molecule has 3 aromatic rings. The number of anilines is 1. The molecule has 2 aromatic carbocycles. The molecule has 0 saturated carbocycles. The zero-order valence-corrected chi connectivity index (χ0v) is 18.6. The van der Waals surface area contributed by atoms with E-state index in [1.54, 1.807) is 0 Å². The first-order valence-corrected chi connectivity index (χ1v) is 12.7. The first-order chi connectivity index (χ1) is 15.2. The Balaban J connectivity index is 1.75. The van der Waals surface area contributed by atoms with E-state index in [1.807, 2.05) is 4.72 Å². The monoisotopic (exact) mass is 528 g/mol. The molecule has 0 fully saturated rings. The van der Waals surface area contributed by atoms with Crippen molar-refractivity contribution in [3.63, 3.8) is 0 Å². The van der Waals surface area contributed by atoms with Crippen LogP contribution in [0.15, 0.2) is 58.5 Å². The summed E-state index contributed by atoms with van der Waals surface area (Å²) in [6.07, 6.45) is -4.36. The molecule has 178 valence electrons. The third-order valence-corrected chi connectivity index (χ3v) is 7.96. The minimum absolute atomic E-state index is 0.212. The molecule has 0 saturated heterocycles. The van der Waals surface area contributed by atoms with Gasteiger partial charge in [0.2, 0.25) is 0 Å². The number of halogens is 5. The zero-order valence-electron chi connectivity index (χ0n) is 16.1. The average Bonchev–Trinajstić information content (AvgIpc) is 3.09. The lowest BCUT2D eigenvalue weighted by Gasteiger charge is -2.11. The number of rotatable bonds is 8. The number of hydrogen-bond donors (Lipinski definition) is 1. The average molecular weight is 529 g/mol. The molecule has 0 amide bonds. The lowest BCUT2D eigenvalue weighted by Crippen LogP contribution is -2.17. The summed E-state index contributed by atoms with van der Waals surface area (Å²) < 4.78 is 120. The number of ether oxygens (including phenoxy) is 1. The fourth-order valence-corrected chi connectivity index (χ4v) is 5.78. The summed E-state index contributed by atoms with van der Waals surface area (Å²) in [6, 6.07) is 6.83. The van der Waals surface area contributed by atoms with Gasteiger partial charge in [-0.05, 0) is 42.3 Å². The summed E-state index contributed by atoms with van der Waals surface area (Å²) in [5.74, 6) is -2.49. The number of sulfonamides is 1.